The van der Waals surface area contributed by atoms with Gasteiger partial charge in [0.15, 0.2) is 0 Å². The number of primary sulfonamides is 1. The van der Waals surface area contributed by atoms with Gasteiger partial charge >= 0.3 is 0 Å². The summed E-state index contributed by atoms with van der Waals surface area (Å²) in [4.78, 5) is 0. The molecule has 0 unspecified atom stereocenters. The number of rotatable bonds is 8. The summed E-state index contributed by atoms with van der Waals surface area (Å²) in [5.41, 5.74) is 1.20. The van der Waals surface area contributed by atoms with Crippen molar-refractivity contribution in [3.05, 3.63) is 29.8 Å². The van der Waals surface area contributed by atoms with Crippen molar-refractivity contribution in [1.29, 1.82) is 0 Å². The van der Waals surface area contributed by atoms with Gasteiger partial charge in [-0.2, -0.15) is 0 Å². The zero-order valence-corrected chi connectivity index (χ0v) is 12.4. The Hall–Kier alpha value is -1.07. The molecule has 4 nitrogen and oxygen atoms in total. The minimum Gasteiger partial charge on any atom is -0.493 e. The van der Waals surface area contributed by atoms with Crippen molar-refractivity contribution in [2.24, 2.45) is 5.14 Å². The Morgan fingerprint density at radius 3 is 2.47 bits per heavy atom. The summed E-state index contributed by atoms with van der Waals surface area (Å²) in [6.07, 6.45) is 2.23. The van der Waals surface area contributed by atoms with E-state index in [1.165, 1.54) is 5.56 Å². The van der Waals surface area contributed by atoms with Crippen LogP contribution in [0.5, 0.6) is 5.75 Å². The first-order valence-corrected chi connectivity index (χ1v) is 8.34. The lowest BCUT2D eigenvalue weighted by molar-refractivity contribution is 0.302. The molecule has 0 amide bonds. The average Bonchev–Trinajstić information content (AvgIpc) is 2.32. The molecule has 1 aromatic rings. The van der Waals surface area contributed by atoms with Crippen LogP contribution in [-0.4, -0.2) is 20.8 Å². The number of hydrogen-bond donors (Lipinski definition) is 1. The molecule has 2 N–H and O–H groups in total. The molecule has 108 valence electrons. The van der Waals surface area contributed by atoms with Gasteiger partial charge in [0.25, 0.3) is 0 Å². The Labute approximate surface area is 116 Å². The van der Waals surface area contributed by atoms with Gasteiger partial charge in [0, 0.05) is 0 Å². The highest BCUT2D eigenvalue weighted by Gasteiger charge is 2.06. The van der Waals surface area contributed by atoms with Crippen molar-refractivity contribution in [3.8, 4) is 5.75 Å². The monoisotopic (exact) mass is 285 g/mol. The highest BCUT2D eigenvalue weighted by atomic mass is 32.2. The number of unbranched alkanes of at least 4 members (excludes halogenated alkanes) is 2. The topological polar surface area (TPSA) is 69.4 Å². The van der Waals surface area contributed by atoms with Crippen molar-refractivity contribution < 1.29 is 13.2 Å². The molecule has 1 aromatic carbocycles. The first-order valence-electron chi connectivity index (χ1n) is 6.62. The summed E-state index contributed by atoms with van der Waals surface area (Å²) in [6, 6.07) is 8.01. The molecule has 0 fully saturated rings. The van der Waals surface area contributed by atoms with Crippen LogP contribution in [-0.2, 0) is 10.0 Å². The van der Waals surface area contributed by atoms with Crippen LogP contribution in [0, 0.1) is 0 Å². The molecule has 1 rings (SSSR count). The zero-order valence-electron chi connectivity index (χ0n) is 11.6. The molecule has 0 saturated carbocycles. The lowest BCUT2D eigenvalue weighted by Crippen LogP contribution is -2.16. The van der Waals surface area contributed by atoms with Gasteiger partial charge < -0.3 is 4.74 Å². The van der Waals surface area contributed by atoms with E-state index in [0.29, 0.717) is 18.9 Å². The molecule has 19 heavy (non-hydrogen) atoms. The minimum atomic E-state index is -3.32. The molecule has 0 atom stereocenters. The Morgan fingerprint density at radius 1 is 1.16 bits per heavy atom. The lowest BCUT2D eigenvalue weighted by atomic mass is 10.0. The fourth-order valence-electron chi connectivity index (χ4n) is 1.85. The van der Waals surface area contributed by atoms with Gasteiger partial charge in [-0.05, 0) is 36.8 Å². The highest BCUT2D eigenvalue weighted by Crippen LogP contribution is 2.25. The largest absolute Gasteiger partial charge is 0.493 e. The van der Waals surface area contributed by atoms with E-state index in [2.05, 4.69) is 19.9 Å². The SMILES string of the molecule is CC(C)c1ccccc1OCCCCCS(N)(=O)=O. The Bertz CT molecular complexity index is 483. The van der Waals surface area contributed by atoms with E-state index in [0.717, 1.165) is 18.6 Å². The van der Waals surface area contributed by atoms with Gasteiger partial charge in [0.1, 0.15) is 5.75 Å². The second kappa shape index (κ2) is 7.50. The third-order valence-electron chi connectivity index (χ3n) is 2.87. The van der Waals surface area contributed by atoms with E-state index in [9.17, 15) is 8.42 Å². The van der Waals surface area contributed by atoms with Crippen LogP contribution in [0.25, 0.3) is 0 Å². The van der Waals surface area contributed by atoms with Gasteiger partial charge in [-0.15, -0.1) is 0 Å². The van der Waals surface area contributed by atoms with Gasteiger partial charge in [0.05, 0.1) is 12.4 Å². The summed E-state index contributed by atoms with van der Waals surface area (Å²) >= 11 is 0. The van der Waals surface area contributed by atoms with Crippen molar-refractivity contribution in [3.63, 3.8) is 0 Å². The van der Waals surface area contributed by atoms with Crippen molar-refractivity contribution in [1.82, 2.24) is 0 Å². The fourth-order valence-corrected chi connectivity index (χ4v) is 2.46. The number of ether oxygens (including phenoxy) is 1. The number of nitrogens with two attached hydrogens (primary N) is 1. The molecule has 0 heterocycles. The number of sulfonamides is 1. The molecular weight excluding hydrogens is 262 g/mol. The predicted octanol–water partition coefficient (Wildman–Crippen LogP) is 2.65. The molecule has 0 aromatic heterocycles. The summed E-state index contributed by atoms with van der Waals surface area (Å²) in [5.74, 6) is 1.40. The smallest absolute Gasteiger partial charge is 0.209 e. The molecule has 0 aliphatic heterocycles. The number of para-hydroxylation sites is 1. The van der Waals surface area contributed by atoms with Crippen LogP contribution in [0.4, 0.5) is 0 Å². The molecule has 0 spiro atoms. The van der Waals surface area contributed by atoms with Crippen molar-refractivity contribution in [2.45, 2.75) is 39.0 Å². The summed E-state index contributed by atoms with van der Waals surface area (Å²) in [7, 11) is -3.32. The molecule has 0 aliphatic rings. The second-order valence-electron chi connectivity index (χ2n) is 4.97. The number of benzene rings is 1. The fraction of sp³-hybridized carbons (Fsp3) is 0.571. The van der Waals surface area contributed by atoms with Crippen molar-refractivity contribution >= 4 is 10.0 Å². The molecule has 0 aliphatic carbocycles. The maximum atomic E-state index is 10.8. The first-order chi connectivity index (χ1) is 8.90. The summed E-state index contributed by atoms with van der Waals surface area (Å²) < 4.78 is 27.3. The maximum Gasteiger partial charge on any atom is 0.209 e. The number of hydrogen-bond acceptors (Lipinski definition) is 3. The van der Waals surface area contributed by atoms with Gasteiger partial charge in [-0.3, -0.25) is 0 Å². The van der Waals surface area contributed by atoms with Crippen LogP contribution in [0.15, 0.2) is 24.3 Å². The van der Waals surface area contributed by atoms with Crippen LogP contribution in [0.2, 0.25) is 0 Å². The Morgan fingerprint density at radius 2 is 1.84 bits per heavy atom. The molecule has 5 heteroatoms. The molecule has 0 saturated heterocycles. The Kier molecular flexibility index (Phi) is 6.31. The maximum absolute atomic E-state index is 10.8. The van der Waals surface area contributed by atoms with E-state index in [4.69, 9.17) is 9.88 Å². The quantitative estimate of drug-likeness (QED) is 0.746. The third-order valence-corrected chi connectivity index (χ3v) is 3.73. The molecular formula is C14H23NO3S. The lowest BCUT2D eigenvalue weighted by Gasteiger charge is -2.13. The van der Waals surface area contributed by atoms with Crippen LogP contribution < -0.4 is 9.88 Å². The summed E-state index contributed by atoms with van der Waals surface area (Å²) in [6.45, 7) is 4.87. The average molecular weight is 285 g/mol. The second-order valence-corrected chi connectivity index (χ2v) is 6.70. The third kappa shape index (κ3) is 6.59. The van der Waals surface area contributed by atoms with E-state index in [-0.39, 0.29) is 5.75 Å². The van der Waals surface area contributed by atoms with Crippen molar-refractivity contribution in [2.75, 3.05) is 12.4 Å². The molecule has 0 radical (unpaired) electrons. The van der Waals surface area contributed by atoms with Crippen LogP contribution >= 0.6 is 0 Å². The molecule has 0 bridgehead atoms. The van der Waals surface area contributed by atoms with E-state index >= 15 is 0 Å². The summed E-state index contributed by atoms with van der Waals surface area (Å²) in [5, 5.41) is 4.94. The van der Waals surface area contributed by atoms with E-state index in [1.54, 1.807) is 0 Å². The van der Waals surface area contributed by atoms with E-state index < -0.39 is 10.0 Å². The Balaban J connectivity index is 2.30. The van der Waals surface area contributed by atoms with Gasteiger partial charge in [0.2, 0.25) is 10.0 Å². The van der Waals surface area contributed by atoms with Gasteiger partial charge in [-0.25, -0.2) is 13.6 Å². The standard InChI is InChI=1S/C14H23NO3S/c1-12(2)13-8-4-5-9-14(13)18-10-6-3-7-11-19(15,16)17/h4-5,8-9,12H,3,6-7,10-11H2,1-2H3,(H2,15,16,17). The van der Waals surface area contributed by atoms with Crippen LogP contribution in [0.1, 0.15) is 44.6 Å². The minimum absolute atomic E-state index is 0.0512. The highest BCUT2D eigenvalue weighted by molar-refractivity contribution is 7.89. The van der Waals surface area contributed by atoms with E-state index in [1.807, 2.05) is 18.2 Å². The van der Waals surface area contributed by atoms with Crippen LogP contribution in [0.3, 0.4) is 0 Å². The zero-order chi connectivity index (χ0) is 14.3. The predicted molar refractivity (Wildman–Crippen MR) is 77.9 cm³/mol. The first kappa shape index (κ1) is 16.0. The van der Waals surface area contributed by atoms with Gasteiger partial charge in [-0.1, -0.05) is 32.0 Å². The normalized spacial score (nSPS) is 11.8.